The Kier molecular flexibility index (Phi) is 7.40. The van der Waals surface area contributed by atoms with E-state index in [1.54, 1.807) is 0 Å². The van der Waals surface area contributed by atoms with Crippen molar-refractivity contribution in [3.63, 3.8) is 0 Å². The molecule has 134 valence electrons. The lowest BCUT2D eigenvalue weighted by molar-refractivity contribution is -0.0510. The summed E-state index contributed by atoms with van der Waals surface area (Å²) < 4.78 is 88.8. The third-order valence-corrected chi connectivity index (χ3v) is 4.11. The number of hydrogen-bond donors (Lipinski definition) is 3. The van der Waals surface area contributed by atoms with E-state index in [2.05, 4.69) is 16.5 Å². The second-order valence-electron chi connectivity index (χ2n) is 4.14. The van der Waals surface area contributed by atoms with E-state index in [9.17, 15) is 21.6 Å². The van der Waals surface area contributed by atoms with Crippen LogP contribution >= 0.6 is 0 Å². The highest BCUT2D eigenvalue weighted by atomic mass is 32.2. The smallest absolute Gasteiger partial charge is 0.341 e. The number of nitrogens with zero attached hydrogens (tertiary/aromatic N) is 1. The molecule has 0 aliphatic heterocycles. The van der Waals surface area contributed by atoms with Crippen LogP contribution in [0.2, 0.25) is 0 Å². The van der Waals surface area contributed by atoms with E-state index in [1.165, 1.54) is 12.3 Å². The first-order valence-electron chi connectivity index (χ1n) is 5.91. The zero-order valence-corrected chi connectivity index (χ0v) is 13.4. The molecular formula is C10H15F3N2O6S2. The normalized spacial score (nSPS) is 13.8. The minimum atomic E-state index is -5.84. The molecular weight excluding hydrogens is 365 g/mol. The van der Waals surface area contributed by atoms with Gasteiger partial charge in [0, 0.05) is 0 Å². The van der Waals surface area contributed by atoms with Crippen molar-refractivity contribution in [2.75, 3.05) is 0 Å². The summed E-state index contributed by atoms with van der Waals surface area (Å²) in [5, 5.41) is -0.976. The summed E-state index contributed by atoms with van der Waals surface area (Å²) >= 11 is 0. The number of halogens is 3. The van der Waals surface area contributed by atoms with E-state index >= 15 is 0 Å². The molecule has 1 heterocycles. The van der Waals surface area contributed by atoms with Crippen LogP contribution in [0.3, 0.4) is 0 Å². The fourth-order valence-electron chi connectivity index (χ4n) is 1.31. The molecule has 3 N–H and O–H groups in total. The Morgan fingerprint density at radius 1 is 1.35 bits per heavy atom. The molecule has 1 aromatic rings. The van der Waals surface area contributed by atoms with Gasteiger partial charge >= 0.3 is 15.6 Å². The van der Waals surface area contributed by atoms with Gasteiger partial charge in [-0.2, -0.15) is 30.0 Å². The monoisotopic (exact) mass is 380 g/mol. The first-order chi connectivity index (χ1) is 10.2. The molecule has 0 radical (unpaired) electrons. The highest BCUT2D eigenvalue weighted by molar-refractivity contribution is 7.86. The van der Waals surface area contributed by atoms with Gasteiger partial charge < -0.3 is 4.98 Å². The van der Waals surface area contributed by atoms with Crippen LogP contribution in [0.15, 0.2) is 12.8 Å². The van der Waals surface area contributed by atoms with E-state index in [0.29, 0.717) is 18.5 Å². The third kappa shape index (κ3) is 7.11. The Labute approximate surface area is 130 Å². The number of rotatable bonds is 5. The van der Waals surface area contributed by atoms with E-state index in [1.807, 2.05) is 6.92 Å². The Morgan fingerprint density at radius 3 is 2.09 bits per heavy atom. The van der Waals surface area contributed by atoms with Crippen molar-refractivity contribution >= 4 is 26.3 Å². The molecule has 1 atom stereocenters. The topological polar surface area (TPSA) is 137 Å². The van der Waals surface area contributed by atoms with E-state index in [-0.39, 0.29) is 5.82 Å². The molecule has 1 aromatic heterocycles. The maximum atomic E-state index is 11.1. The molecule has 0 fully saturated rings. The van der Waals surface area contributed by atoms with Gasteiger partial charge in [0.15, 0.2) is 0 Å². The second-order valence-corrected chi connectivity index (χ2v) is 7.15. The van der Waals surface area contributed by atoms with Gasteiger partial charge in [0.1, 0.15) is 11.1 Å². The Bertz CT molecular complexity index is 724. The van der Waals surface area contributed by atoms with Crippen molar-refractivity contribution in [1.29, 1.82) is 0 Å². The SMILES string of the molecule is C=Cc1cnc(C(CCC)S(=O)(=O)O)[nH]1.O=S(=O)(O)C(F)(F)F. The number of nitrogens with one attached hydrogen (secondary N) is 1. The van der Waals surface area contributed by atoms with E-state index in [0.717, 1.165) is 0 Å². The van der Waals surface area contributed by atoms with Crippen LogP contribution in [-0.4, -0.2) is 41.4 Å². The molecule has 0 bridgehead atoms. The number of aromatic amines is 1. The minimum Gasteiger partial charge on any atom is -0.341 e. The Balaban J connectivity index is 0.000000515. The van der Waals surface area contributed by atoms with Crippen LogP contribution in [0.5, 0.6) is 0 Å². The molecule has 0 saturated carbocycles. The quantitative estimate of drug-likeness (QED) is 0.526. The largest absolute Gasteiger partial charge is 0.522 e. The summed E-state index contributed by atoms with van der Waals surface area (Å²) in [5.41, 5.74) is -4.90. The Morgan fingerprint density at radius 2 is 1.83 bits per heavy atom. The van der Waals surface area contributed by atoms with Crippen LogP contribution in [0, 0.1) is 0 Å². The molecule has 0 aliphatic carbocycles. The van der Waals surface area contributed by atoms with Crippen molar-refractivity contribution in [2.24, 2.45) is 0 Å². The molecule has 13 heteroatoms. The summed E-state index contributed by atoms with van der Waals surface area (Å²) in [6.07, 6.45) is 4.00. The van der Waals surface area contributed by atoms with Crippen molar-refractivity contribution in [2.45, 2.75) is 30.5 Å². The van der Waals surface area contributed by atoms with Gasteiger partial charge in [-0.25, -0.2) is 4.98 Å². The van der Waals surface area contributed by atoms with Crippen molar-refractivity contribution in [1.82, 2.24) is 9.97 Å². The summed E-state index contributed by atoms with van der Waals surface area (Å²) in [6, 6.07) is 0. The van der Waals surface area contributed by atoms with Crippen molar-refractivity contribution in [3.05, 3.63) is 24.3 Å². The highest BCUT2D eigenvalue weighted by Crippen LogP contribution is 2.24. The highest BCUT2D eigenvalue weighted by Gasteiger charge is 2.44. The lowest BCUT2D eigenvalue weighted by Gasteiger charge is -2.09. The van der Waals surface area contributed by atoms with Gasteiger partial charge in [-0.3, -0.25) is 9.11 Å². The number of H-pyrrole nitrogens is 1. The summed E-state index contributed by atoms with van der Waals surface area (Å²) in [5.74, 6) is 0.259. The lowest BCUT2D eigenvalue weighted by atomic mass is 10.2. The Hall–Kier alpha value is -1.44. The zero-order valence-electron chi connectivity index (χ0n) is 11.8. The summed E-state index contributed by atoms with van der Waals surface area (Å²) in [4.78, 5) is 6.69. The van der Waals surface area contributed by atoms with Gasteiger partial charge in [-0.05, 0) is 12.5 Å². The van der Waals surface area contributed by atoms with Gasteiger partial charge in [0.25, 0.3) is 10.1 Å². The number of alkyl halides is 3. The predicted molar refractivity (Wildman–Crippen MR) is 75.5 cm³/mol. The maximum absolute atomic E-state index is 11.1. The molecule has 0 aromatic carbocycles. The fourth-order valence-corrected chi connectivity index (χ4v) is 2.24. The maximum Gasteiger partial charge on any atom is 0.522 e. The molecule has 0 aliphatic rings. The summed E-state index contributed by atoms with van der Waals surface area (Å²) in [7, 11) is -9.94. The van der Waals surface area contributed by atoms with E-state index in [4.69, 9.17) is 17.5 Å². The van der Waals surface area contributed by atoms with Crippen LogP contribution in [-0.2, 0) is 20.2 Å². The average molecular weight is 380 g/mol. The third-order valence-electron chi connectivity index (χ3n) is 2.34. The molecule has 23 heavy (non-hydrogen) atoms. The van der Waals surface area contributed by atoms with Crippen molar-refractivity contribution in [3.8, 4) is 0 Å². The van der Waals surface area contributed by atoms with Gasteiger partial charge in [0.05, 0.1) is 11.9 Å². The first-order valence-corrected chi connectivity index (χ1v) is 8.85. The second kappa shape index (κ2) is 7.90. The van der Waals surface area contributed by atoms with Gasteiger partial charge in [-0.1, -0.05) is 19.9 Å². The number of aromatic nitrogens is 2. The number of imidazole rings is 1. The van der Waals surface area contributed by atoms with Crippen LogP contribution in [0.4, 0.5) is 13.2 Å². The predicted octanol–water partition coefficient (Wildman–Crippen LogP) is 2.18. The average Bonchev–Trinajstić information content (AvgIpc) is 2.81. The molecule has 8 nitrogen and oxygen atoms in total. The van der Waals surface area contributed by atoms with Gasteiger partial charge in [0.2, 0.25) is 0 Å². The van der Waals surface area contributed by atoms with E-state index < -0.39 is 31.0 Å². The summed E-state index contributed by atoms with van der Waals surface area (Å²) in [6.45, 7) is 5.37. The minimum absolute atomic E-state index is 0.259. The fraction of sp³-hybridized carbons (Fsp3) is 0.500. The molecule has 0 spiro atoms. The van der Waals surface area contributed by atoms with Crippen LogP contribution < -0.4 is 0 Å². The van der Waals surface area contributed by atoms with Gasteiger partial charge in [-0.15, -0.1) is 0 Å². The zero-order chi connectivity index (χ0) is 18.5. The number of hydrogen-bond acceptors (Lipinski definition) is 5. The van der Waals surface area contributed by atoms with Crippen LogP contribution in [0.1, 0.15) is 36.5 Å². The molecule has 1 rings (SSSR count). The lowest BCUT2D eigenvalue weighted by Crippen LogP contribution is -2.21. The standard InChI is InChI=1S/C9H14N2O3S.CHF3O3S/c1-3-5-8(15(12,13)14)9-10-6-7(4-2)11-9;2-1(3,4)8(5,6)7/h4,6,8H,2-3,5H2,1H3,(H,10,11)(H,12,13,14);(H,5,6,7). The molecule has 1 unspecified atom stereocenters. The molecule has 0 amide bonds. The first kappa shape index (κ1) is 21.6. The van der Waals surface area contributed by atoms with Crippen molar-refractivity contribution < 1.29 is 39.1 Å². The molecule has 0 saturated heterocycles. The van der Waals surface area contributed by atoms with Crippen LogP contribution in [0.25, 0.3) is 6.08 Å².